The van der Waals surface area contributed by atoms with Gasteiger partial charge in [0.05, 0.1) is 0 Å². The number of aliphatic hydroxyl groups excluding tert-OH is 6. The lowest BCUT2D eigenvalue weighted by atomic mass is 9.98. The van der Waals surface area contributed by atoms with Gasteiger partial charge in [-0.3, -0.25) is 9.59 Å². The molecule has 0 bridgehead atoms. The number of hydrogen-bond donors (Lipinski definition) is 10. The molecule has 0 aromatic rings. The fourth-order valence-corrected chi connectivity index (χ4v) is 3.79. The number of amides is 2. The van der Waals surface area contributed by atoms with Crippen LogP contribution >= 0.6 is 0 Å². The normalized spacial score (nSPS) is 36.6. The molecule has 0 aromatic heterocycles. The van der Waals surface area contributed by atoms with E-state index in [-0.39, 0.29) is 12.8 Å². The van der Waals surface area contributed by atoms with Crippen molar-refractivity contribution in [2.24, 2.45) is 0 Å². The Morgan fingerprint density at radius 3 is 1.17 bits per heavy atom. The highest BCUT2D eigenvalue weighted by Crippen LogP contribution is 2.21. The van der Waals surface area contributed by atoms with Crippen molar-refractivity contribution in [2.45, 2.75) is 99.8 Å². The fraction of sp³-hybridized carbons (Fsp3) is 0.800. The molecule has 0 aromatic carbocycles. The minimum atomic E-state index is -1.87. The standard InChI is InChI=1S/C20H32N2O14/c23-7(21-17-13(29)9(25)11(27)15(35-17)19(31)32)5-3-1-2-4-6-8(24)22-18-14(30)10(26)12(28)16(36-18)20(33)34/h9-18,25-30H,1-6H2,(H,21,23)(H,22,24)(H,31,32)(H,33,34)/t9-,10-,11-,12-,13+,14+,15-,16-,17+,18+/m0/s1. The van der Waals surface area contributed by atoms with Crippen molar-refractivity contribution in [3.05, 3.63) is 0 Å². The van der Waals surface area contributed by atoms with Crippen molar-refractivity contribution in [3.63, 3.8) is 0 Å². The van der Waals surface area contributed by atoms with Gasteiger partial charge in [0.15, 0.2) is 24.7 Å². The lowest BCUT2D eigenvalue weighted by molar-refractivity contribution is -0.233. The molecule has 2 rings (SSSR count). The van der Waals surface area contributed by atoms with Gasteiger partial charge in [0.2, 0.25) is 11.8 Å². The second-order valence-electron chi connectivity index (χ2n) is 8.62. The Hall–Kier alpha value is -2.44. The summed E-state index contributed by atoms with van der Waals surface area (Å²) in [5.41, 5.74) is 0. The molecule has 2 heterocycles. The Morgan fingerprint density at radius 2 is 0.861 bits per heavy atom. The number of carbonyl (C=O) groups excluding carboxylic acids is 2. The highest BCUT2D eigenvalue weighted by molar-refractivity contribution is 5.77. The first kappa shape index (κ1) is 29.8. The van der Waals surface area contributed by atoms with Crippen LogP contribution in [-0.2, 0) is 28.7 Å². The first-order chi connectivity index (χ1) is 16.8. The van der Waals surface area contributed by atoms with Crippen LogP contribution in [0.5, 0.6) is 0 Å². The van der Waals surface area contributed by atoms with E-state index in [4.69, 9.17) is 19.7 Å². The van der Waals surface area contributed by atoms with E-state index in [0.717, 1.165) is 0 Å². The maximum absolute atomic E-state index is 12.1. The zero-order valence-corrected chi connectivity index (χ0v) is 19.0. The monoisotopic (exact) mass is 524 g/mol. The van der Waals surface area contributed by atoms with Gasteiger partial charge in [-0.2, -0.15) is 0 Å². The first-order valence-electron chi connectivity index (χ1n) is 11.3. The van der Waals surface area contributed by atoms with Crippen molar-refractivity contribution in [2.75, 3.05) is 0 Å². The largest absolute Gasteiger partial charge is 0.479 e. The highest BCUT2D eigenvalue weighted by Gasteiger charge is 2.48. The summed E-state index contributed by atoms with van der Waals surface area (Å²) in [6, 6.07) is 0. The molecule has 16 heteroatoms. The van der Waals surface area contributed by atoms with Crippen LogP contribution in [0.15, 0.2) is 0 Å². The van der Waals surface area contributed by atoms with Crippen molar-refractivity contribution >= 4 is 23.8 Å². The number of unbranched alkanes of at least 4 members (excludes halogenated alkanes) is 3. The van der Waals surface area contributed by atoms with Crippen LogP contribution in [0, 0.1) is 0 Å². The summed E-state index contributed by atoms with van der Waals surface area (Å²) in [5, 5.41) is 81.1. The Kier molecular flexibility index (Phi) is 10.9. The quantitative estimate of drug-likeness (QED) is 0.114. The molecule has 2 saturated heterocycles. The van der Waals surface area contributed by atoms with E-state index in [1.165, 1.54) is 0 Å². The number of nitrogens with one attached hydrogen (secondary N) is 2. The fourth-order valence-electron chi connectivity index (χ4n) is 3.79. The Labute approximate surface area is 204 Å². The summed E-state index contributed by atoms with van der Waals surface area (Å²) in [6.45, 7) is 0. The number of aliphatic carboxylic acids is 2. The second kappa shape index (κ2) is 13.2. The molecule has 2 aliphatic heterocycles. The zero-order chi connectivity index (χ0) is 27.2. The van der Waals surface area contributed by atoms with Crippen LogP contribution in [0.1, 0.15) is 38.5 Å². The molecule has 0 saturated carbocycles. The topological polar surface area (TPSA) is 273 Å². The lowest BCUT2D eigenvalue weighted by Crippen LogP contribution is -2.64. The number of aliphatic hydroxyl groups is 6. The molecule has 16 nitrogen and oxygen atoms in total. The summed E-state index contributed by atoms with van der Waals surface area (Å²) in [6.07, 6.45) is -15.9. The van der Waals surface area contributed by atoms with Gasteiger partial charge in [-0.15, -0.1) is 0 Å². The van der Waals surface area contributed by atoms with Gasteiger partial charge in [0.1, 0.15) is 36.6 Å². The van der Waals surface area contributed by atoms with Crippen LogP contribution in [-0.4, -0.2) is 126 Å². The smallest absolute Gasteiger partial charge is 0.335 e. The molecular weight excluding hydrogens is 492 g/mol. The van der Waals surface area contributed by atoms with Gasteiger partial charge in [-0.05, 0) is 12.8 Å². The summed E-state index contributed by atoms with van der Waals surface area (Å²) < 4.78 is 9.92. The molecule has 36 heavy (non-hydrogen) atoms. The van der Waals surface area contributed by atoms with Crippen molar-refractivity contribution in [1.29, 1.82) is 0 Å². The second-order valence-corrected chi connectivity index (χ2v) is 8.62. The third kappa shape index (κ3) is 7.53. The van der Waals surface area contributed by atoms with Gasteiger partial charge in [0, 0.05) is 12.8 Å². The van der Waals surface area contributed by atoms with Crippen molar-refractivity contribution in [3.8, 4) is 0 Å². The molecule has 206 valence electrons. The minimum Gasteiger partial charge on any atom is -0.479 e. The summed E-state index contributed by atoms with van der Waals surface area (Å²) in [4.78, 5) is 46.3. The molecule has 0 radical (unpaired) electrons. The van der Waals surface area contributed by atoms with Crippen LogP contribution in [0.3, 0.4) is 0 Å². The molecular formula is C20H32N2O14. The lowest BCUT2D eigenvalue weighted by Gasteiger charge is -2.39. The van der Waals surface area contributed by atoms with E-state index in [1.54, 1.807) is 0 Å². The molecule has 10 atom stereocenters. The highest BCUT2D eigenvalue weighted by atomic mass is 16.6. The third-order valence-electron chi connectivity index (χ3n) is 5.88. The Bertz CT molecular complexity index is 732. The van der Waals surface area contributed by atoms with Crippen molar-refractivity contribution < 1.29 is 69.5 Å². The van der Waals surface area contributed by atoms with Crippen LogP contribution in [0.4, 0.5) is 0 Å². The molecule has 2 aliphatic rings. The van der Waals surface area contributed by atoms with Crippen molar-refractivity contribution in [1.82, 2.24) is 10.6 Å². The number of carboxylic acid groups (broad SMARTS) is 2. The van der Waals surface area contributed by atoms with E-state index < -0.39 is 85.0 Å². The van der Waals surface area contributed by atoms with Gasteiger partial charge in [0.25, 0.3) is 0 Å². The van der Waals surface area contributed by atoms with Crippen LogP contribution < -0.4 is 10.6 Å². The van der Waals surface area contributed by atoms with E-state index in [9.17, 15) is 49.8 Å². The van der Waals surface area contributed by atoms with E-state index in [0.29, 0.717) is 25.7 Å². The summed E-state index contributed by atoms with van der Waals surface area (Å²) in [5.74, 6) is -4.34. The van der Waals surface area contributed by atoms with Gasteiger partial charge in [-0.25, -0.2) is 9.59 Å². The number of carbonyl (C=O) groups is 4. The number of hydrogen-bond acceptors (Lipinski definition) is 12. The number of carboxylic acids is 2. The average molecular weight is 524 g/mol. The van der Waals surface area contributed by atoms with E-state index >= 15 is 0 Å². The first-order valence-corrected chi connectivity index (χ1v) is 11.3. The molecule has 2 fully saturated rings. The molecule has 10 N–H and O–H groups in total. The van der Waals surface area contributed by atoms with E-state index in [1.807, 2.05) is 0 Å². The third-order valence-corrected chi connectivity index (χ3v) is 5.88. The van der Waals surface area contributed by atoms with Crippen LogP contribution in [0.2, 0.25) is 0 Å². The number of ether oxygens (including phenoxy) is 2. The zero-order valence-electron chi connectivity index (χ0n) is 19.0. The summed E-state index contributed by atoms with van der Waals surface area (Å²) >= 11 is 0. The molecule has 0 spiro atoms. The Balaban J connectivity index is 1.66. The van der Waals surface area contributed by atoms with Gasteiger partial charge >= 0.3 is 11.9 Å². The molecule has 0 aliphatic carbocycles. The SMILES string of the molecule is O=C(CCCCCCC(=O)N[C@@H]1O[C@H](C(=O)O)[C@@H](O)[C@H](O)[C@H]1O)N[C@@H]1O[C@H](C(=O)O)[C@@H](O)[C@H](O)[C@H]1O. The molecule has 0 unspecified atom stereocenters. The predicted molar refractivity (Wildman–Crippen MR) is 113 cm³/mol. The number of rotatable bonds is 11. The average Bonchev–Trinajstić information content (AvgIpc) is 2.81. The summed E-state index contributed by atoms with van der Waals surface area (Å²) in [7, 11) is 0. The maximum Gasteiger partial charge on any atom is 0.335 e. The maximum atomic E-state index is 12.1. The predicted octanol–water partition coefficient (Wildman–Crippen LogP) is -4.66. The van der Waals surface area contributed by atoms with E-state index in [2.05, 4.69) is 10.6 Å². The van der Waals surface area contributed by atoms with Gasteiger partial charge < -0.3 is 61.0 Å². The Morgan fingerprint density at radius 1 is 0.528 bits per heavy atom. The molecule has 2 amide bonds. The van der Waals surface area contributed by atoms with Crippen LogP contribution in [0.25, 0.3) is 0 Å². The minimum absolute atomic E-state index is 0.0337. The van der Waals surface area contributed by atoms with Gasteiger partial charge in [-0.1, -0.05) is 12.8 Å².